The summed E-state index contributed by atoms with van der Waals surface area (Å²) < 4.78 is 1.61. The van der Waals surface area contributed by atoms with Crippen molar-refractivity contribution in [3.05, 3.63) is 40.2 Å². The molecule has 1 saturated carbocycles. The Morgan fingerprint density at radius 2 is 2.08 bits per heavy atom. The Morgan fingerprint density at radius 3 is 2.60 bits per heavy atom. The van der Waals surface area contributed by atoms with Gasteiger partial charge in [-0.25, -0.2) is 0 Å². The smallest absolute Gasteiger partial charge is 0.316 e. The van der Waals surface area contributed by atoms with E-state index in [1.165, 1.54) is 6.20 Å². The summed E-state index contributed by atoms with van der Waals surface area (Å²) >= 11 is 0. The summed E-state index contributed by atoms with van der Waals surface area (Å²) in [5, 5.41) is 25.1. The maximum absolute atomic E-state index is 11.4. The van der Waals surface area contributed by atoms with Crippen molar-refractivity contribution in [2.45, 2.75) is 45.6 Å². The van der Waals surface area contributed by atoms with Crippen LogP contribution in [0.15, 0.2) is 24.5 Å². The minimum Gasteiger partial charge on any atom is -0.481 e. The lowest BCUT2D eigenvalue weighted by Crippen LogP contribution is -2.33. The van der Waals surface area contributed by atoms with Gasteiger partial charge in [-0.2, -0.15) is 5.10 Å². The largest absolute Gasteiger partial charge is 0.481 e. The molecule has 0 aliphatic heterocycles. The molecule has 2 aromatic rings. The minimum absolute atomic E-state index is 0.0367. The minimum atomic E-state index is -0.790. The lowest BCUT2D eigenvalue weighted by molar-refractivity contribution is -0.384. The van der Waals surface area contributed by atoms with Crippen LogP contribution < -0.4 is 0 Å². The monoisotopic (exact) mass is 344 g/mol. The third-order valence-corrected chi connectivity index (χ3v) is 5.01. The number of rotatable bonds is 4. The number of carboxylic acids is 1. The van der Waals surface area contributed by atoms with Crippen LogP contribution in [0.5, 0.6) is 0 Å². The van der Waals surface area contributed by atoms with Gasteiger partial charge in [0.15, 0.2) is 5.69 Å². The van der Waals surface area contributed by atoms with Gasteiger partial charge in [-0.3, -0.25) is 24.6 Å². The first kappa shape index (κ1) is 17.1. The zero-order chi connectivity index (χ0) is 18.2. The fourth-order valence-corrected chi connectivity index (χ4v) is 3.21. The molecule has 0 spiro atoms. The zero-order valence-electron chi connectivity index (χ0n) is 14.2. The Balaban J connectivity index is 1.89. The van der Waals surface area contributed by atoms with E-state index >= 15 is 0 Å². The van der Waals surface area contributed by atoms with E-state index in [0.717, 1.165) is 5.56 Å². The highest BCUT2D eigenvalue weighted by atomic mass is 16.6. The maximum Gasteiger partial charge on any atom is 0.316 e. The number of aryl methyl sites for hydroxylation is 1. The molecule has 1 N–H and O–H groups in total. The molecule has 1 aliphatic carbocycles. The molecular weight excluding hydrogens is 324 g/mol. The number of aromatic nitrogens is 3. The highest BCUT2D eigenvalue weighted by molar-refractivity contribution is 5.74. The zero-order valence-corrected chi connectivity index (χ0v) is 14.2. The van der Waals surface area contributed by atoms with Crippen LogP contribution in [0.25, 0.3) is 11.4 Å². The van der Waals surface area contributed by atoms with Crippen molar-refractivity contribution < 1.29 is 14.8 Å². The van der Waals surface area contributed by atoms with Crippen molar-refractivity contribution >= 4 is 11.7 Å². The van der Waals surface area contributed by atoms with Crippen molar-refractivity contribution in [2.24, 2.45) is 5.41 Å². The Labute approximate surface area is 144 Å². The SMILES string of the molecule is Cc1ccc(-c2nn(C3CCC(C)(C(=O)O)CC3)cc2[N+](=O)[O-])nc1. The van der Waals surface area contributed by atoms with E-state index in [-0.39, 0.29) is 17.4 Å². The van der Waals surface area contributed by atoms with E-state index in [4.69, 9.17) is 0 Å². The van der Waals surface area contributed by atoms with Gasteiger partial charge in [-0.1, -0.05) is 6.07 Å². The van der Waals surface area contributed by atoms with Crippen molar-refractivity contribution in [3.63, 3.8) is 0 Å². The highest BCUT2D eigenvalue weighted by Gasteiger charge is 2.38. The Bertz CT molecular complexity index is 805. The number of carboxylic acid groups (broad SMARTS) is 1. The predicted octanol–water partition coefficient (Wildman–Crippen LogP) is 3.37. The van der Waals surface area contributed by atoms with E-state index in [2.05, 4.69) is 10.1 Å². The van der Waals surface area contributed by atoms with E-state index in [9.17, 15) is 20.0 Å². The number of hydrogen-bond donors (Lipinski definition) is 1. The van der Waals surface area contributed by atoms with Crippen LogP contribution in [0, 0.1) is 22.5 Å². The molecule has 0 amide bonds. The number of carbonyl (C=O) groups is 1. The van der Waals surface area contributed by atoms with Gasteiger partial charge >= 0.3 is 11.7 Å². The Hall–Kier alpha value is -2.77. The van der Waals surface area contributed by atoms with Gasteiger partial charge in [0.05, 0.1) is 22.1 Å². The molecule has 0 saturated heterocycles. The Morgan fingerprint density at radius 1 is 1.40 bits per heavy atom. The normalized spacial score (nSPS) is 23.4. The van der Waals surface area contributed by atoms with Crippen molar-refractivity contribution in [1.82, 2.24) is 14.8 Å². The summed E-state index contributed by atoms with van der Waals surface area (Å²) in [5.74, 6) is -0.790. The fraction of sp³-hybridized carbons (Fsp3) is 0.471. The summed E-state index contributed by atoms with van der Waals surface area (Å²) in [6.07, 6.45) is 5.39. The molecule has 25 heavy (non-hydrogen) atoms. The predicted molar refractivity (Wildman–Crippen MR) is 90.1 cm³/mol. The van der Waals surface area contributed by atoms with Gasteiger partial charge in [0.25, 0.3) is 0 Å². The molecule has 8 heteroatoms. The van der Waals surface area contributed by atoms with Crippen LogP contribution in [-0.4, -0.2) is 30.8 Å². The number of aliphatic carboxylic acids is 1. The second kappa shape index (κ2) is 6.27. The van der Waals surface area contributed by atoms with Crippen LogP contribution in [0.3, 0.4) is 0 Å². The summed E-state index contributed by atoms with van der Waals surface area (Å²) in [5.41, 5.74) is 0.865. The second-order valence-electron chi connectivity index (χ2n) is 6.92. The van der Waals surface area contributed by atoms with Crippen LogP contribution in [-0.2, 0) is 4.79 Å². The van der Waals surface area contributed by atoms with Gasteiger partial charge in [0, 0.05) is 6.20 Å². The quantitative estimate of drug-likeness (QED) is 0.672. The molecule has 2 heterocycles. The molecule has 0 aromatic carbocycles. The van der Waals surface area contributed by atoms with Crippen molar-refractivity contribution in [1.29, 1.82) is 0 Å². The second-order valence-corrected chi connectivity index (χ2v) is 6.92. The third kappa shape index (κ3) is 3.24. The molecule has 3 rings (SSSR count). The van der Waals surface area contributed by atoms with Crippen LogP contribution in [0.2, 0.25) is 0 Å². The van der Waals surface area contributed by atoms with Crippen LogP contribution in [0.4, 0.5) is 5.69 Å². The van der Waals surface area contributed by atoms with E-state index in [1.54, 1.807) is 23.9 Å². The first-order valence-electron chi connectivity index (χ1n) is 8.20. The van der Waals surface area contributed by atoms with E-state index < -0.39 is 16.3 Å². The molecular formula is C17H20N4O4. The van der Waals surface area contributed by atoms with E-state index in [0.29, 0.717) is 31.4 Å². The van der Waals surface area contributed by atoms with E-state index in [1.807, 2.05) is 13.0 Å². The fourth-order valence-electron chi connectivity index (χ4n) is 3.21. The first-order valence-corrected chi connectivity index (χ1v) is 8.20. The molecule has 1 aliphatic rings. The number of pyridine rings is 1. The standard InChI is InChI=1S/C17H20N4O4/c1-11-3-4-13(18-9-11)15-14(21(24)25)10-20(19-15)12-5-7-17(2,8-6-12)16(22)23/h3-4,9-10,12H,5-8H2,1-2H3,(H,22,23). The maximum atomic E-state index is 11.4. The van der Waals surface area contributed by atoms with Gasteiger partial charge in [-0.15, -0.1) is 0 Å². The number of nitro groups is 1. The summed E-state index contributed by atoms with van der Waals surface area (Å²) in [6, 6.07) is 3.52. The molecule has 0 bridgehead atoms. The van der Waals surface area contributed by atoms with Gasteiger partial charge < -0.3 is 5.11 Å². The average molecular weight is 344 g/mol. The number of nitrogens with zero attached hydrogens (tertiary/aromatic N) is 4. The first-order chi connectivity index (χ1) is 11.8. The summed E-state index contributed by atoms with van der Waals surface area (Å²) in [4.78, 5) is 26.5. The summed E-state index contributed by atoms with van der Waals surface area (Å²) in [7, 11) is 0. The topological polar surface area (TPSA) is 111 Å². The van der Waals surface area contributed by atoms with Crippen LogP contribution in [0.1, 0.15) is 44.2 Å². The molecule has 2 aromatic heterocycles. The van der Waals surface area contributed by atoms with Crippen LogP contribution >= 0.6 is 0 Å². The molecule has 1 fully saturated rings. The highest BCUT2D eigenvalue weighted by Crippen LogP contribution is 2.41. The molecule has 0 atom stereocenters. The lowest BCUT2D eigenvalue weighted by atomic mass is 9.74. The Kier molecular flexibility index (Phi) is 4.28. The molecule has 8 nitrogen and oxygen atoms in total. The number of hydrogen-bond acceptors (Lipinski definition) is 5. The molecule has 132 valence electrons. The van der Waals surface area contributed by atoms with Crippen molar-refractivity contribution in [3.8, 4) is 11.4 Å². The van der Waals surface area contributed by atoms with Crippen molar-refractivity contribution in [2.75, 3.05) is 0 Å². The van der Waals surface area contributed by atoms with Gasteiger partial charge in [-0.05, 0) is 51.2 Å². The molecule has 0 unspecified atom stereocenters. The van der Waals surface area contributed by atoms with Gasteiger partial charge in [0.2, 0.25) is 0 Å². The third-order valence-electron chi connectivity index (χ3n) is 5.01. The average Bonchev–Trinajstić information content (AvgIpc) is 3.01. The summed E-state index contributed by atoms with van der Waals surface area (Å²) in [6.45, 7) is 3.64. The molecule has 0 radical (unpaired) electrons. The lowest BCUT2D eigenvalue weighted by Gasteiger charge is -2.33. The van der Waals surface area contributed by atoms with Gasteiger partial charge in [0.1, 0.15) is 6.20 Å².